The quantitative estimate of drug-likeness (QED) is 0.292. The molecule has 0 amide bonds. The van der Waals surface area contributed by atoms with Crippen molar-refractivity contribution in [1.29, 1.82) is 0 Å². The van der Waals surface area contributed by atoms with Gasteiger partial charge in [0, 0.05) is 12.0 Å². The molecular formula is C26H34N2S. The van der Waals surface area contributed by atoms with Crippen LogP contribution in [0.5, 0.6) is 0 Å². The van der Waals surface area contributed by atoms with Gasteiger partial charge in [-0.3, -0.25) is 0 Å². The molecule has 0 unspecified atom stereocenters. The van der Waals surface area contributed by atoms with Crippen LogP contribution in [-0.2, 0) is 25.7 Å². The molecule has 0 bridgehead atoms. The third kappa shape index (κ3) is 7.08. The van der Waals surface area contributed by atoms with Crippen molar-refractivity contribution in [2.75, 3.05) is 0 Å². The fraction of sp³-hybridized carbons (Fsp3) is 0.462. The van der Waals surface area contributed by atoms with Crippen LogP contribution in [0.15, 0.2) is 48.5 Å². The monoisotopic (exact) mass is 406 g/mol. The Balaban J connectivity index is 1.49. The molecule has 0 atom stereocenters. The van der Waals surface area contributed by atoms with Gasteiger partial charge < -0.3 is 0 Å². The number of aromatic nitrogens is 2. The Labute approximate surface area is 180 Å². The van der Waals surface area contributed by atoms with Crippen LogP contribution in [0.4, 0.5) is 0 Å². The van der Waals surface area contributed by atoms with Crippen LogP contribution in [0.3, 0.4) is 0 Å². The molecule has 2 aromatic carbocycles. The molecule has 0 aliphatic heterocycles. The average Bonchev–Trinajstić information content (AvgIpc) is 3.23. The Morgan fingerprint density at radius 3 is 1.69 bits per heavy atom. The second-order valence-corrected chi connectivity index (χ2v) is 8.99. The topological polar surface area (TPSA) is 25.8 Å². The highest BCUT2D eigenvalue weighted by molar-refractivity contribution is 7.14. The van der Waals surface area contributed by atoms with Crippen molar-refractivity contribution in [2.45, 2.75) is 78.1 Å². The summed E-state index contributed by atoms with van der Waals surface area (Å²) in [6.07, 6.45) is 12.1. The van der Waals surface area contributed by atoms with Gasteiger partial charge in [-0.25, -0.2) is 0 Å². The van der Waals surface area contributed by atoms with Crippen LogP contribution in [0.1, 0.15) is 74.1 Å². The van der Waals surface area contributed by atoms with E-state index in [0.29, 0.717) is 0 Å². The maximum atomic E-state index is 4.39. The highest BCUT2D eigenvalue weighted by atomic mass is 32.1. The maximum absolute atomic E-state index is 4.39. The smallest absolute Gasteiger partial charge is 0.143 e. The molecule has 1 heterocycles. The van der Waals surface area contributed by atoms with Gasteiger partial charge in [0.1, 0.15) is 10.0 Å². The molecule has 154 valence electrons. The standard InChI is InChI=1S/C26H34N2S/c1-3-5-7-9-21-11-13-22(14-12-21)15-16-23-17-19-24(20-18-23)26-28-27-25(29-26)10-8-6-4-2/h11-14,17-20H,3-10,15-16H2,1-2H3. The summed E-state index contributed by atoms with van der Waals surface area (Å²) in [5.74, 6) is 0. The fourth-order valence-electron chi connectivity index (χ4n) is 3.55. The molecule has 1 aromatic heterocycles. The number of hydrogen-bond acceptors (Lipinski definition) is 3. The predicted octanol–water partition coefficient (Wildman–Crippen LogP) is 7.46. The lowest BCUT2D eigenvalue weighted by Gasteiger charge is -2.05. The van der Waals surface area contributed by atoms with Crippen molar-refractivity contribution in [3.63, 3.8) is 0 Å². The first kappa shape index (κ1) is 21.7. The minimum Gasteiger partial charge on any atom is -0.143 e. The first-order valence-corrected chi connectivity index (χ1v) is 12.1. The van der Waals surface area contributed by atoms with E-state index in [9.17, 15) is 0 Å². The van der Waals surface area contributed by atoms with E-state index in [1.54, 1.807) is 11.3 Å². The minimum absolute atomic E-state index is 1.04. The molecule has 0 fully saturated rings. The summed E-state index contributed by atoms with van der Waals surface area (Å²) in [4.78, 5) is 0. The highest BCUT2D eigenvalue weighted by Crippen LogP contribution is 2.25. The molecule has 0 spiro atoms. The third-order valence-electron chi connectivity index (χ3n) is 5.46. The van der Waals surface area contributed by atoms with Gasteiger partial charge in [0.2, 0.25) is 0 Å². The van der Waals surface area contributed by atoms with Crippen molar-refractivity contribution in [1.82, 2.24) is 10.2 Å². The SMILES string of the molecule is CCCCCc1ccc(CCc2ccc(-c3nnc(CCCCC)s3)cc2)cc1. The number of unbranched alkanes of at least 4 members (excludes halogenated alkanes) is 4. The predicted molar refractivity (Wildman–Crippen MR) is 126 cm³/mol. The van der Waals surface area contributed by atoms with E-state index < -0.39 is 0 Å². The van der Waals surface area contributed by atoms with Gasteiger partial charge in [0.05, 0.1) is 0 Å². The Morgan fingerprint density at radius 1 is 0.586 bits per heavy atom. The van der Waals surface area contributed by atoms with Crippen molar-refractivity contribution >= 4 is 11.3 Å². The molecule has 0 N–H and O–H groups in total. The van der Waals surface area contributed by atoms with Crippen molar-refractivity contribution in [3.8, 4) is 10.6 Å². The lowest BCUT2D eigenvalue weighted by molar-refractivity contribution is 0.710. The number of aryl methyl sites for hydroxylation is 4. The van der Waals surface area contributed by atoms with Crippen LogP contribution < -0.4 is 0 Å². The molecule has 0 aliphatic rings. The number of hydrogen-bond donors (Lipinski definition) is 0. The molecule has 0 saturated heterocycles. The number of benzene rings is 2. The van der Waals surface area contributed by atoms with E-state index in [1.165, 1.54) is 67.2 Å². The number of rotatable bonds is 12. The van der Waals surface area contributed by atoms with Crippen molar-refractivity contribution < 1.29 is 0 Å². The Hall–Kier alpha value is -2.00. The summed E-state index contributed by atoms with van der Waals surface area (Å²) in [6.45, 7) is 4.49. The maximum Gasteiger partial charge on any atom is 0.147 e. The van der Waals surface area contributed by atoms with Gasteiger partial charge in [-0.05, 0) is 48.8 Å². The Kier molecular flexibility index (Phi) is 8.88. The summed E-state index contributed by atoms with van der Waals surface area (Å²) in [5, 5.41) is 11.0. The van der Waals surface area contributed by atoms with Crippen LogP contribution in [0.2, 0.25) is 0 Å². The van der Waals surface area contributed by atoms with E-state index >= 15 is 0 Å². The molecule has 3 rings (SSSR count). The Bertz CT molecular complexity index is 834. The van der Waals surface area contributed by atoms with Gasteiger partial charge in [0.25, 0.3) is 0 Å². The first-order valence-electron chi connectivity index (χ1n) is 11.3. The van der Waals surface area contributed by atoms with E-state index in [4.69, 9.17) is 0 Å². The van der Waals surface area contributed by atoms with Gasteiger partial charge in [-0.1, -0.05) is 99.4 Å². The zero-order valence-corrected chi connectivity index (χ0v) is 18.8. The summed E-state index contributed by atoms with van der Waals surface area (Å²) < 4.78 is 0. The minimum atomic E-state index is 1.04. The van der Waals surface area contributed by atoms with Gasteiger partial charge >= 0.3 is 0 Å². The van der Waals surface area contributed by atoms with E-state index in [2.05, 4.69) is 72.6 Å². The van der Waals surface area contributed by atoms with Gasteiger partial charge in [-0.15, -0.1) is 10.2 Å². The lowest BCUT2D eigenvalue weighted by atomic mass is 10.0. The fourth-order valence-corrected chi connectivity index (χ4v) is 4.44. The lowest BCUT2D eigenvalue weighted by Crippen LogP contribution is -1.93. The van der Waals surface area contributed by atoms with E-state index in [-0.39, 0.29) is 0 Å². The van der Waals surface area contributed by atoms with Crippen molar-refractivity contribution in [3.05, 3.63) is 70.2 Å². The average molecular weight is 407 g/mol. The van der Waals surface area contributed by atoms with E-state index in [1.807, 2.05) is 0 Å². The highest BCUT2D eigenvalue weighted by Gasteiger charge is 2.07. The normalized spacial score (nSPS) is 11.1. The summed E-state index contributed by atoms with van der Waals surface area (Å²) in [5.41, 5.74) is 5.46. The van der Waals surface area contributed by atoms with Gasteiger partial charge in [-0.2, -0.15) is 0 Å². The molecular weight excluding hydrogens is 372 g/mol. The van der Waals surface area contributed by atoms with Crippen LogP contribution >= 0.6 is 11.3 Å². The molecule has 29 heavy (non-hydrogen) atoms. The largest absolute Gasteiger partial charge is 0.147 e. The van der Waals surface area contributed by atoms with E-state index in [0.717, 1.165) is 29.3 Å². The number of nitrogens with zero attached hydrogens (tertiary/aromatic N) is 2. The molecule has 2 nitrogen and oxygen atoms in total. The molecule has 0 aliphatic carbocycles. The summed E-state index contributed by atoms with van der Waals surface area (Å²) in [6, 6.07) is 18.1. The molecule has 0 saturated carbocycles. The second kappa shape index (κ2) is 11.9. The summed E-state index contributed by atoms with van der Waals surface area (Å²) in [7, 11) is 0. The zero-order chi connectivity index (χ0) is 20.3. The molecule has 0 radical (unpaired) electrons. The third-order valence-corrected chi connectivity index (χ3v) is 6.49. The van der Waals surface area contributed by atoms with Crippen molar-refractivity contribution in [2.24, 2.45) is 0 Å². The molecule has 3 heteroatoms. The van der Waals surface area contributed by atoms with Crippen LogP contribution in [0, 0.1) is 0 Å². The van der Waals surface area contributed by atoms with Crippen LogP contribution in [0.25, 0.3) is 10.6 Å². The zero-order valence-electron chi connectivity index (χ0n) is 18.0. The second-order valence-electron chi connectivity index (χ2n) is 7.93. The molecule has 3 aromatic rings. The first-order chi connectivity index (χ1) is 14.3. The van der Waals surface area contributed by atoms with Gasteiger partial charge in [0.15, 0.2) is 0 Å². The summed E-state index contributed by atoms with van der Waals surface area (Å²) >= 11 is 1.74. The van der Waals surface area contributed by atoms with Crippen LogP contribution in [-0.4, -0.2) is 10.2 Å². The Morgan fingerprint density at radius 2 is 1.10 bits per heavy atom.